The van der Waals surface area contributed by atoms with Gasteiger partial charge in [-0.05, 0) is 38.0 Å². The second kappa shape index (κ2) is 7.34. The van der Waals surface area contributed by atoms with E-state index in [4.69, 9.17) is 0 Å². The lowest BCUT2D eigenvalue weighted by Gasteiger charge is -2.30. The van der Waals surface area contributed by atoms with Gasteiger partial charge in [-0.1, -0.05) is 32.0 Å². The first-order valence-electron chi connectivity index (χ1n) is 9.93. The number of nitrogens with one attached hydrogen (secondary N) is 2. The smallest absolute Gasteiger partial charge is 0.232 e. The molecular formula is C22H27N4O2P. The molecule has 1 aliphatic heterocycles. The summed E-state index contributed by atoms with van der Waals surface area (Å²) in [6, 6.07) is 10.0. The van der Waals surface area contributed by atoms with Crippen molar-refractivity contribution in [2.24, 2.45) is 0 Å². The summed E-state index contributed by atoms with van der Waals surface area (Å²) in [5, 5.41) is 14.9. The number of hydrogen-bond donors (Lipinski definition) is 3. The number of aromatic nitrogens is 3. The minimum Gasteiger partial charge on any atom is -0.492 e. The third-order valence-electron chi connectivity index (χ3n) is 5.95. The van der Waals surface area contributed by atoms with Crippen molar-refractivity contribution in [3.63, 3.8) is 0 Å². The number of rotatable bonds is 5. The molecule has 29 heavy (non-hydrogen) atoms. The number of hydrogen-bond acceptors (Lipinski definition) is 5. The van der Waals surface area contributed by atoms with Crippen LogP contribution in [0.1, 0.15) is 38.2 Å². The van der Waals surface area contributed by atoms with Crippen LogP contribution in [-0.2, 0) is 4.57 Å². The molecule has 3 heterocycles. The van der Waals surface area contributed by atoms with Crippen LogP contribution in [0.5, 0.6) is 5.88 Å². The topological polar surface area (TPSA) is 90.9 Å². The summed E-state index contributed by atoms with van der Waals surface area (Å²) in [4.78, 5) is 11.7. The summed E-state index contributed by atoms with van der Waals surface area (Å²) in [5.74, 6) is 0.512. The molecule has 1 atom stereocenters. The average Bonchev–Trinajstić information content (AvgIpc) is 3.16. The standard InChI is InChI=1S/C22H27N4O2P/c1-15-21(27)26-20(25-15)12-18(29(28)10-6-9-22(29,2)3)14-23-17-11-16-7-4-5-8-19(16)24-13-17/h4-5,7-8,11-13,23,27H,6,9-10,14H2,1-3H3,(H,25,26)/b18-12-. The van der Waals surface area contributed by atoms with E-state index in [9.17, 15) is 9.67 Å². The predicted octanol–water partition coefficient (Wildman–Crippen LogP) is 5.36. The van der Waals surface area contributed by atoms with Crippen LogP contribution in [0.4, 0.5) is 5.69 Å². The minimum absolute atomic E-state index is 0.0220. The molecule has 7 heteroatoms. The lowest BCUT2D eigenvalue weighted by molar-refractivity contribution is 0.452. The van der Waals surface area contributed by atoms with Gasteiger partial charge in [-0.2, -0.15) is 4.98 Å². The molecule has 0 amide bonds. The van der Waals surface area contributed by atoms with E-state index >= 15 is 0 Å². The van der Waals surface area contributed by atoms with E-state index < -0.39 is 7.14 Å². The van der Waals surface area contributed by atoms with Gasteiger partial charge >= 0.3 is 0 Å². The maximum atomic E-state index is 14.1. The van der Waals surface area contributed by atoms with Gasteiger partial charge in [-0.15, -0.1) is 0 Å². The van der Waals surface area contributed by atoms with Crippen molar-refractivity contribution in [1.29, 1.82) is 0 Å². The molecule has 6 nitrogen and oxygen atoms in total. The molecule has 1 aromatic carbocycles. The van der Waals surface area contributed by atoms with Crippen molar-refractivity contribution >= 4 is 29.8 Å². The van der Waals surface area contributed by atoms with Crippen LogP contribution in [-0.4, -0.2) is 37.9 Å². The molecule has 0 saturated carbocycles. The number of benzene rings is 1. The lowest BCUT2D eigenvalue weighted by Crippen LogP contribution is -2.19. The molecule has 1 unspecified atom stereocenters. The molecule has 0 aliphatic carbocycles. The van der Waals surface area contributed by atoms with Gasteiger partial charge in [-0.3, -0.25) is 4.98 Å². The maximum Gasteiger partial charge on any atom is 0.232 e. The zero-order chi connectivity index (χ0) is 20.6. The van der Waals surface area contributed by atoms with Crippen LogP contribution < -0.4 is 5.32 Å². The van der Waals surface area contributed by atoms with Crippen LogP contribution >= 0.6 is 7.14 Å². The number of anilines is 1. The van der Waals surface area contributed by atoms with Crippen molar-refractivity contribution < 1.29 is 9.67 Å². The number of aryl methyl sites for hydroxylation is 1. The Labute approximate surface area is 170 Å². The zero-order valence-electron chi connectivity index (χ0n) is 17.1. The van der Waals surface area contributed by atoms with E-state index in [1.807, 2.05) is 30.3 Å². The summed E-state index contributed by atoms with van der Waals surface area (Å²) in [6.07, 6.45) is 6.26. The number of nitrogens with zero attached hydrogens (tertiary/aromatic N) is 2. The van der Waals surface area contributed by atoms with Crippen LogP contribution in [0.25, 0.3) is 17.0 Å². The summed E-state index contributed by atoms with van der Waals surface area (Å²) >= 11 is 0. The Morgan fingerprint density at radius 3 is 2.86 bits per heavy atom. The Kier molecular flexibility index (Phi) is 4.99. The number of para-hydroxylation sites is 1. The van der Waals surface area contributed by atoms with Crippen molar-refractivity contribution in [2.75, 3.05) is 18.0 Å². The fourth-order valence-corrected chi connectivity index (χ4v) is 7.55. The predicted molar refractivity (Wildman–Crippen MR) is 119 cm³/mol. The molecule has 152 valence electrons. The van der Waals surface area contributed by atoms with Gasteiger partial charge in [0.05, 0.1) is 23.1 Å². The van der Waals surface area contributed by atoms with E-state index in [1.165, 1.54) is 0 Å². The SMILES string of the molecule is Cc1[nH]c(/C=C(/CNc2cnc3ccccc3c2)P2(=O)CCCC2(C)C)nc1O. The Balaban J connectivity index is 1.67. The third kappa shape index (κ3) is 3.69. The lowest BCUT2D eigenvalue weighted by atomic mass is 10.1. The molecule has 1 saturated heterocycles. The Morgan fingerprint density at radius 2 is 2.17 bits per heavy atom. The molecular weight excluding hydrogens is 383 g/mol. The van der Waals surface area contributed by atoms with E-state index in [1.54, 1.807) is 13.1 Å². The first-order valence-corrected chi connectivity index (χ1v) is 11.8. The highest BCUT2D eigenvalue weighted by molar-refractivity contribution is 7.70. The zero-order valence-corrected chi connectivity index (χ0v) is 18.0. The first-order chi connectivity index (χ1) is 13.8. The Morgan fingerprint density at radius 1 is 1.38 bits per heavy atom. The van der Waals surface area contributed by atoms with Gasteiger partial charge in [0.1, 0.15) is 13.0 Å². The fourth-order valence-electron chi connectivity index (χ4n) is 4.09. The summed E-state index contributed by atoms with van der Waals surface area (Å²) in [5.41, 5.74) is 2.43. The van der Waals surface area contributed by atoms with Crippen LogP contribution in [0.15, 0.2) is 41.8 Å². The van der Waals surface area contributed by atoms with E-state index in [2.05, 4.69) is 40.2 Å². The van der Waals surface area contributed by atoms with Crippen molar-refractivity contribution in [2.45, 2.75) is 38.8 Å². The van der Waals surface area contributed by atoms with Gasteiger partial charge in [0.2, 0.25) is 5.88 Å². The average molecular weight is 410 g/mol. The summed E-state index contributed by atoms with van der Waals surface area (Å²) < 4.78 is 14.1. The number of imidazole rings is 1. The maximum absolute atomic E-state index is 14.1. The fraction of sp³-hybridized carbons (Fsp3) is 0.364. The molecule has 4 rings (SSSR count). The van der Waals surface area contributed by atoms with Crippen LogP contribution in [0.3, 0.4) is 0 Å². The van der Waals surface area contributed by atoms with Crippen molar-refractivity contribution in [3.8, 4) is 5.88 Å². The van der Waals surface area contributed by atoms with Crippen molar-refractivity contribution in [1.82, 2.24) is 15.0 Å². The van der Waals surface area contributed by atoms with Crippen LogP contribution in [0, 0.1) is 6.92 Å². The second-order valence-electron chi connectivity index (χ2n) is 8.36. The normalized spacial score (nSPS) is 21.6. The Hall–Kier alpha value is -2.59. The monoisotopic (exact) mass is 410 g/mol. The molecule has 1 fully saturated rings. The molecule has 1 aliphatic rings. The highest BCUT2D eigenvalue weighted by atomic mass is 31.2. The number of aromatic amines is 1. The number of H-pyrrole nitrogens is 1. The molecule has 2 aromatic heterocycles. The number of aromatic hydroxyl groups is 1. The van der Waals surface area contributed by atoms with E-state index in [0.29, 0.717) is 24.2 Å². The van der Waals surface area contributed by atoms with Gasteiger partial charge in [0.15, 0.2) is 0 Å². The van der Waals surface area contributed by atoms with Gasteiger partial charge in [-0.25, -0.2) is 0 Å². The largest absolute Gasteiger partial charge is 0.492 e. The quantitative estimate of drug-likeness (QED) is 0.493. The molecule has 0 spiro atoms. The van der Waals surface area contributed by atoms with Gasteiger partial charge < -0.3 is 20.0 Å². The number of fused-ring (bicyclic) bond motifs is 1. The van der Waals surface area contributed by atoms with Gasteiger partial charge in [0, 0.05) is 28.6 Å². The molecule has 0 radical (unpaired) electrons. The van der Waals surface area contributed by atoms with E-state index in [0.717, 1.165) is 34.7 Å². The number of pyridine rings is 1. The van der Waals surface area contributed by atoms with E-state index in [-0.39, 0.29) is 11.0 Å². The van der Waals surface area contributed by atoms with Gasteiger partial charge in [0.25, 0.3) is 0 Å². The van der Waals surface area contributed by atoms with Crippen molar-refractivity contribution in [3.05, 3.63) is 53.4 Å². The highest BCUT2D eigenvalue weighted by Crippen LogP contribution is 2.70. The molecule has 3 aromatic rings. The van der Waals surface area contributed by atoms with Crippen LogP contribution in [0.2, 0.25) is 0 Å². The second-order valence-corrected chi connectivity index (χ2v) is 12.1. The Bertz CT molecular complexity index is 1110. The molecule has 0 bridgehead atoms. The minimum atomic E-state index is -2.60. The summed E-state index contributed by atoms with van der Waals surface area (Å²) in [7, 11) is -2.60. The third-order valence-corrected chi connectivity index (χ3v) is 10.3. The molecule has 3 N–H and O–H groups in total. The first kappa shape index (κ1) is 19.7. The summed E-state index contributed by atoms with van der Waals surface area (Å²) in [6.45, 7) is 6.40. The highest BCUT2D eigenvalue weighted by Gasteiger charge is 2.46.